The second-order valence-electron chi connectivity index (χ2n) is 5.67. The van der Waals surface area contributed by atoms with Gasteiger partial charge in [0, 0.05) is 25.6 Å². The number of carboxylic acid groups (broad SMARTS) is 1. The molecule has 2 fully saturated rings. The van der Waals surface area contributed by atoms with Gasteiger partial charge in [0.1, 0.15) is 0 Å². The number of amides is 1. The Kier molecular flexibility index (Phi) is 5.37. The normalized spacial score (nSPS) is 27.8. The number of carbonyl (C=O) groups excluding carboxylic acids is 1. The summed E-state index contributed by atoms with van der Waals surface area (Å²) in [6, 6.07) is 0.115. The molecular formula is C14H24N2O4. The van der Waals surface area contributed by atoms with Crippen LogP contribution >= 0.6 is 0 Å². The van der Waals surface area contributed by atoms with E-state index in [1.807, 2.05) is 11.8 Å². The van der Waals surface area contributed by atoms with Crippen LogP contribution in [0.1, 0.15) is 26.2 Å². The average molecular weight is 284 g/mol. The molecule has 2 atom stereocenters. The van der Waals surface area contributed by atoms with Crippen molar-refractivity contribution < 1.29 is 19.4 Å². The van der Waals surface area contributed by atoms with Crippen molar-refractivity contribution in [2.45, 2.75) is 32.2 Å². The van der Waals surface area contributed by atoms with Gasteiger partial charge in [-0.05, 0) is 25.3 Å². The third-order valence-electron chi connectivity index (χ3n) is 4.25. The fraction of sp³-hybridized carbons (Fsp3) is 0.857. The summed E-state index contributed by atoms with van der Waals surface area (Å²) in [7, 11) is 0. The molecule has 0 saturated carbocycles. The number of rotatable bonds is 5. The highest BCUT2D eigenvalue weighted by Crippen LogP contribution is 2.24. The maximum Gasteiger partial charge on any atom is 0.303 e. The highest BCUT2D eigenvalue weighted by Gasteiger charge is 2.37. The van der Waals surface area contributed by atoms with Crippen molar-refractivity contribution in [1.82, 2.24) is 10.2 Å². The van der Waals surface area contributed by atoms with Crippen molar-refractivity contribution in [2.75, 3.05) is 32.8 Å². The molecule has 0 aromatic rings. The maximum absolute atomic E-state index is 12.5. The van der Waals surface area contributed by atoms with Gasteiger partial charge < -0.3 is 20.1 Å². The van der Waals surface area contributed by atoms with Crippen molar-refractivity contribution >= 4 is 11.9 Å². The monoisotopic (exact) mass is 284 g/mol. The number of likely N-dealkylation sites (tertiary alicyclic amines) is 1. The summed E-state index contributed by atoms with van der Waals surface area (Å²) in [6.45, 7) is 5.29. The Hall–Kier alpha value is -1.14. The van der Waals surface area contributed by atoms with Crippen molar-refractivity contribution in [3.05, 3.63) is 0 Å². The smallest absolute Gasteiger partial charge is 0.303 e. The van der Waals surface area contributed by atoms with Crippen LogP contribution in [0.25, 0.3) is 0 Å². The van der Waals surface area contributed by atoms with Gasteiger partial charge in [0.15, 0.2) is 0 Å². The highest BCUT2D eigenvalue weighted by molar-refractivity contribution is 5.80. The summed E-state index contributed by atoms with van der Waals surface area (Å²) in [5.74, 6) is -0.472. The molecule has 2 aliphatic heterocycles. The van der Waals surface area contributed by atoms with Crippen LogP contribution in [0.2, 0.25) is 0 Å². The van der Waals surface area contributed by atoms with Gasteiger partial charge in [-0.25, -0.2) is 0 Å². The third-order valence-corrected chi connectivity index (χ3v) is 4.25. The first-order valence-electron chi connectivity index (χ1n) is 7.43. The first-order chi connectivity index (χ1) is 9.61. The quantitative estimate of drug-likeness (QED) is 0.760. The lowest BCUT2D eigenvalue weighted by molar-refractivity contribution is -0.139. The minimum atomic E-state index is -0.744. The Morgan fingerprint density at radius 3 is 2.60 bits per heavy atom. The molecule has 0 spiro atoms. The fourth-order valence-electron chi connectivity index (χ4n) is 3.10. The molecule has 20 heavy (non-hydrogen) atoms. The number of ether oxygens (including phenoxy) is 1. The van der Waals surface area contributed by atoms with Crippen LogP contribution in [0.3, 0.4) is 0 Å². The molecule has 1 amide bonds. The molecule has 0 radical (unpaired) electrons. The van der Waals surface area contributed by atoms with E-state index < -0.39 is 5.97 Å². The summed E-state index contributed by atoms with van der Waals surface area (Å²) in [5, 5.41) is 12.1. The largest absolute Gasteiger partial charge is 0.481 e. The van der Waals surface area contributed by atoms with Crippen molar-refractivity contribution in [1.29, 1.82) is 0 Å². The fourth-order valence-corrected chi connectivity index (χ4v) is 3.10. The van der Waals surface area contributed by atoms with E-state index in [9.17, 15) is 9.59 Å². The van der Waals surface area contributed by atoms with E-state index in [0.29, 0.717) is 26.3 Å². The Morgan fingerprint density at radius 1 is 1.30 bits per heavy atom. The van der Waals surface area contributed by atoms with E-state index in [4.69, 9.17) is 9.84 Å². The van der Waals surface area contributed by atoms with E-state index in [1.165, 1.54) is 0 Å². The second kappa shape index (κ2) is 7.04. The number of carboxylic acids is 1. The van der Waals surface area contributed by atoms with Crippen LogP contribution in [-0.2, 0) is 14.3 Å². The number of piperidine rings is 1. The number of hydrogen-bond acceptors (Lipinski definition) is 4. The molecule has 2 saturated heterocycles. The summed E-state index contributed by atoms with van der Waals surface area (Å²) >= 11 is 0. The van der Waals surface area contributed by atoms with Crippen LogP contribution in [-0.4, -0.2) is 60.8 Å². The standard InChI is InChI=1S/C14H24N2O4/c1-2-15-12-9-20-8-11(12)14(19)16-5-3-10(4-6-16)7-13(17)18/h10-12,15H,2-9H2,1H3,(H,17,18). The molecule has 114 valence electrons. The summed E-state index contributed by atoms with van der Waals surface area (Å²) in [4.78, 5) is 25.1. The molecule has 0 bridgehead atoms. The maximum atomic E-state index is 12.5. The zero-order valence-electron chi connectivity index (χ0n) is 12.0. The first kappa shape index (κ1) is 15.3. The zero-order valence-corrected chi connectivity index (χ0v) is 12.0. The lowest BCUT2D eigenvalue weighted by Crippen LogP contribution is -2.48. The SMILES string of the molecule is CCNC1COCC1C(=O)N1CCC(CC(=O)O)CC1. The number of aliphatic carboxylic acids is 1. The van der Waals surface area contributed by atoms with Gasteiger partial charge in [-0.2, -0.15) is 0 Å². The van der Waals surface area contributed by atoms with Gasteiger partial charge >= 0.3 is 5.97 Å². The van der Waals surface area contributed by atoms with Crippen molar-refractivity contribution in [2.24, 2.45) is 11.8 Å². The van der Waals surface area contributed by atoms with E-state index in [1.54, 1.807) is 0 Å². The molecule has 0 aromatic heterocycles. The van der Waals surface area contributed by atoms with Gasteiger partial charge in [-0.3, -0.25) is 9.59 Å². The molecule has 2 heterocycles. The van der Waals surface area contributed by atoms with Gasteiger partial charge in [0.2, 0.25) is 5.91 Å². The number of nitrogens with zero attached hydrogens (tertiary/aromatic N) is 1. The minimum absolute atomic E-state index is 0.0917. The van der Waals surface area contributed by atoms with E-state index in [2.05, 4.69) is 5.32 Å². The van der Waals surface area contributed by atoms with Crippen LogP contribution in [0.5, 0.6) is 0 Å². The van der Waals surface area contributed by atoms with Gasteiger partial charge in [0.25, 0.3) is 0 Å². The number of likely N-dealkylation sites (N-methyl/N-ethyl adjacent to an activating group) is 1. The van der Waals surface area contributed by atoms with Gasteiger partial charge in [-0.1, -0.05) is 6.92 Å². The molecule has 2 unspecified atom stereocenters. The van der Waals surface area contributed by atoms with Crippen LogP contribution in [0.15, 0.2) is 0 Å². The van der Waals surface area contributed by atoms with Gasteiger partial charge in [0.05, 0.1) is 19.1 Å². The topological polar surface area (TPSA) is 78.9 Å². The summed E-state index contributed by atoms with van der Waals surface area (Å²) in [5.41, 5.74) is 0. The molecular weight excluding hydrogens is 260 g/mol. The summed E-state index contributed by atoms with van der Waals surface area (Å²) < 4.78 is 5.42. The molecule has 6 nitrogen and oxygen atoms in total. The Labute approximate surface area is 119 Å². The van der Waals surface area contributed by atoms with Gasteiger partial charge in [-0.15, -0.1) is 0 Å². The van der Waals surface area contributed by atoms with Crippen LogP contribution in [0.4, 0.5) is 0 Å². The highest BCUT2D eigenvalue weighted by atomic mass is 16.5. The lowest BCUT2D eigenvalue weighted by atomic mass is 9.92. The van der Waals surface area contributed by atoms with E-state index >= 15 is 0 Å². The minimum Gasteiger partial charge on any atom is -0.481 e. The Balaban J connectivity index is 1.83. The molecule has 6 heteroatoms. The molecule has 2 aliphatic rings. The third kappa shape index (κ3) is 3.70. The first-order valence-corrected chi connectivity index (χ1v) is 7.43. The number of carbonyl (C=O) groups is 2. The molecule has 2 rings (SSSR count). The molecule has 0 aliphatic carbocycles. The number of nitrogens with one attached hydrogen (secondary N) is 1. The van der Waals surface area contributed by atoms with E-state index in [-0.39, 0.29) is 30.2 Å². The van der Waals surface area contributed by atoms with Crippen molar-refractivity contribution in [3.8, 4) is 0 Å². The predicted molar refractivity (Wildman–Crippen MR) is 73.3 cm³/mol. The summed E-state index contributed by atoms with van der Waals surface area (Å²) in [6.07, 6.45) is 1.80. The van der Waals surface area contributed by atoms with Crippen LogP contribution < -0.4 is 5.32 Å². The predicted octanol–water partition coefficient (Wildman–Crippen LogP) is 0.324. The van der Waals surface area contributed by atoms with Crippen molar-refractivity contribution in [3.63, 3.8) is 0 Å². The second-order valence-corrected chi connectivity index (χ2v) is 5.67. The van der Waals surface area contributed by atoms with E-state index in [0.717, 1.165) is 19.4 Å². The van der Waals surface area contributed by atoms with Crippen LogP contribution in [0, 0.1) is 11.8 Å². The molecule has 0 aromatic carbocycles. The zero-order chi connectivity index (χ0) is 14.5. The Bertz CT molecular complexity index is 353. The molecule has 2 N–H and O–H groups in total. The Morgan fingerprint density at radius 2 is 2.00 bits per heavy atom. The number of hydrogen-bond donors (Lipinski definition) is 2. The lowest BCUT2D eigenvalue weighted by Gasteiger charge is -2.34. The average Bonchev–Trinajstić information content (AvgIpc) is 2.87.